The van der Waals surface area contributed by atoms with Gasteiger partial charge < -0.3 is 19.6 Å². The molecule has 1 aliphatic heterocycles. The highest BCUT2D eigenvalue weighted by molar-refractivity contribution is 7.21. The van der Waals surface area contributed by atoms with E-state index in [2.05, 4.69) is 29.4 Å². The lowest BCUT2D eigenvalue weighted by Gasteiger charge is -2.41. The largest absolute Gasteiger partial charge is 0.496 e. The van der Waals surface area contributed by atoms with Crippen LogP contribution < -0.4 is 31.7 Å². The molecule has 0 bridgehead atoms. The zero-order chi connectivity index (χ0) is 40.5. The van der Waals surface area contributed by atoms with Crippen LogP contribution in [0, 0.1) is 12.7 Å². The summed E-state index contributed by atoms with van der Waals surface area (Å²) in [7, 11) is -1.81. The number of aryl methyl sites for hydroxylation is 1. The van der Waals surface area contributed by atoms with E-state index in [-0.39, 0.29) is 38.4 Å². The minimum atomic E-state index is -3.30. The molecule has 1 fully saturated rings. The lowest BCUT2D eigenvalue weighted by molar-refractivity contribution is -0.124. The molecule has 15 heteroatoms. The minimum Gasteiger partial charge on any atom is -0.496 e. The number of fused-ring (bicyclic) bond motifs is 1. The molecule has 1 saturated heterocycles. The standard InChI is InChI=1S/C42H47FN6O6SSi/c1-28-36-37(51)48(42(4)21-19-35(50)44-27-42)40(52)47(39(36)56-38(28)49-45-22-23-46-49)26-34(32-25-29(43)17-18-33(32)54-5)55-24-12-20-41(2,3)57(53,30-13-8-6-9-14-30)31-15-10-7-11-16-31/h6-11,13-18,22-23,25,34,53H,12,19-21,24,26-27H2,1-5H3,(H,44,50)/t34-,42?/m0/s1. The van der Waals surface area contributed by atoms with Gasteiger partial charge in [0.1, 0.15) is 27.5 Å². The fraction of sp³-hybridized carbons (Fsp3) is 0.357. The van der Waals surface area contributed by atoms with Gasteiger partial charge in [0.05, 0.1) is 37.0 Å². The Balaban J connectivity index is 1.28. The SMILES string of the molecule is COc1ccc(F)cc1[C@H](Cn1c(=O)n(C2(C)CCC(=O)NC2)c(=O)c2c(C)c(-n3nccn3)sc21)OCCCC(C)(C)[Si](O)(c1ccccc1)c1ccccc1. The van der Waals surface area contributed by atoms with Crippen molar-refractivity contribution in [2.45, 2.75) is 76.6 Å². The van der Waals surface area contributed by atoms with Crippen LogP contribution in [-0.2, 0) is 21.6 Å². The Labute approximate surface area is 334 Å². The van der Waals surface area contributed by atoms with Crippen LogP contribution in [0.2, 0.25) is 5.04 Å². The third kappa shape index (κ3) is 7.40. The molecule has 1 amide bonds. The van der Waals surface area contributed by atoms with Crippen LogP contribution in [0.1, 0.15) is 63.7 Å². The Morgan fingerprint density at radius 3 is 2.26 bits per heavy atom. The maximum atomic E-state index is 15.1. The van der Waals surface area contributed by atoms with Gasteiger partial charge in [-0.25, -0.2) is 9.18 Å². The van der Waals surface area contributed by atoms with Gasteiger partial charge in [-0.3, -0.25) is 18.7 Å². The average Bonchev–Trinajstić information content (AvgIpc) is 3.87. The number of nitrogens with zero attached hydrogens (tertiary/aromatic N) is 5. The van der Waals surface area contributed by atoms with E-state index in [1.165, 1.54) is 63.0 Å². The van der Waals surface area contributed by atoms with Crippen molar-refractivity contribution in [3.63, 3.8) is 0 Å². The molecular weight excluding hydrogens is 764 g/mol. The molecule has 0 saturated carbocycles. The van der Waals surface area contributed by atoms with E-state index in [9.17, 15) is 19.2 Å². The van der Waals surface area contributed by atoms with Gasteiger partial charge in [-0.05, 0) is 66.7 Å². The summed E-state index contributed by atoms with van der Waals surface area (Å²) in [6.45, 7) is 7.97. The second kappa shape index (κ2) is 16.0. The van der Waals surface area contributed by atoms with Gasteiger partial charge in [0, 0.05) is 30.7 Å². The molecule has 3 aromatic heterocycles. The number of benzene rings is 3. The molecule has 1 unspecified atom stereocenters. The molecule has 2 atom stereocenters. The number of aromatic nitrogens is 5. The number of carbonyl (C=O) groups is 1. The van der Waals surface area contributed by atoms with Crippen molar-refractivity contribution in [2.75, 3.05) is 20.3 Å². The predicted molar refractivity (Wildman–Crippen MR) is 221 cm³/mol. The lowest BCUT2D eigenvalue weighted by atomic mass is 9.91. The van der Waals surface area contributed by atoms with Crippen molar-refractivity contribution < 1.29 is 23.5 Å². The first-order valence-corrected chi connectivity index (χ1v) is 21.8. The number of nitrogens with one attached hydrogen (secondary N) is 1. The van der Waals surface area contributed by atoms with Gasteiger partial charge in [-0.1, -0.05) is 85.8 Å². The molecule has 298 valence electrons. The number of amides is 1. The molecule has 0 radical (unpaired) electrons. The van der Waals surface area contributed by atoms with E-state index < -0.39 is 42.1 Å². The van der Waals surface area contributed by atoms with Gasteiger partial charge in [-0.2, -0.15) is 10.2 Å². The lowest BCUT2D eigenvalue weighted by Crippen LogP contribution is -2.65. The molecule has 2 N–H and O–H groups in total. The summed E-state index contributed by atoms with van der Waals surface area (Å²) < 4.78 is 30.2. The fourth-order valence-corrected chi connectivity index (χ4v) is 13.1. The summed E-state index contributed by atoms with van der Waals surface area (Å²) >= 11 is 1.21. The van der Waals surface area contributed by atoms with Crippen LogP contribution in [0.5, 0.6) is 5.75 Å². The molecular formula is C42H47FN6O6SSi. The summed E-state index contributed by atoms with van der Waals surface area (Å²) in [5.74, 6) is -0.279. The maximum Gasteiger partial charge on any atom is 0.332 e. The number of rotatable bonds is 14. The highest BCUT2D eigenvalue weighted by Gasteiger charge is 2.49. The fourth-order valence-electron chi connectivity index (χ4n) is 8.11. The van der Waals surface area contributed by atoms with Crippen LogP contribution in [0.25, 0.3) is 15.2 Å². The molecule has 7 rings (SSSR count). The summed E-state index contributed by atoms with van der Waals surface area (Å²) in [4.78, 5) is 56.0. The minimum absolute atomic E-state index is 0.0955. The summed E-state index contributed by atoms with van der Waals surface area (Å²) in [5, 5.41) is 13.6. The van der Waals surface area contributed by atoms with Gasteiger partial charge in [0.2, 0.25) is 5.91 Å². The van der Waals surface area contributed by atoms with E-state index in [1.54, 1.807) is 13.8 Å². The first-order chi connectivity index (χ1) is 27.3. The second-order valence-electron chi connectivity index (χ2n) is 15.5. The smallest absolute Gasteiger partial charge is 0.332 e. The third-order valence-electron chi connectivity index (χ3n) is 11.4. The topological polar surface area (TPSA) is 142 Å². The van der Waals surface area contributed by atoms with Crippen molar-refractivity contribution in [1.82, 2.24) is 29.4 Å². The zero-order valence-corrected chi connectivity index (χ0v) is 34.5. The van der Waals surface area contributed by atoms with E-state index in [0.717, 1.165) is 10.4 Å². The number of piperidine rings is 1. The van der Waals surface area contributed by atoms with Crippen LogP contribution >= 0.6 is 11.3 Å². The van der Waals surface area contributed by atoms with Gasteiger partial charge in [0.25, 0.3) is 13.9 Å². The van der Waals surface area contributed by atoms with E-state index >= 15 is 4.39 Å². The molecule has 0 spiro atoms. The van der Waals surface area contributed by atoms with Crippen molar-refractivity contribution in [3.05, 3.63) is 129 Å². The molecule has 3 aromatic carbocycles. The van der Waals surface area contributed by atoms with Crippen LogP contribution in [-0.4, -0.2) is 63.4 Å². The Bertz CT molecular complexity index is 2450. The third-order valence-corrected chi connectivity index (χ3v) is 17.2. The van der Waals surface area contributed by atoms with Crippen molar-refractivity contribution in [1.29, 1.82) is 0 Å². The Hall–Kier alpha value is -5.22. The number of methoxy groups -OCH3 is 1. The molecule has 57 heavy (non-hydrogen) atoms. The van der Waals surface area contributed by atoms with Gasteiger partial charge in [-0.15, -0.1) is 4.80 Å². The number of halogens is 1. The Morgan fingerprint density at radius 2 is 1.67 bits per heavy atom. The van der Waals surface area contributed by atoms with Crippen LogP contribution in [0.15, 0.2) is 101 Å². The summed E-state index contributed by atoms with van der Waals surface area (Å²) in [6, 6.07) is 23.8. The van der Waals surface area contributed by atoms with Gasteiger partial charge >= 0.3 is 5.69 Å². The number of thiophene rings is 1. The van der Waals surface area contributed by atoms with E-state index in [0.29, 0.717) is 44.9 Å². The van der Waals surface area contributed by atoms with Gasteiger partial charge in [0.15, 0.2) is 0 Å². The summed E-state index contributed by atoms with van der Waals surface area (Å²) in [5.41, 5.74) is -1.09. The highest BCUT2D eigenvalue weighted by Crippen LogP contribution is 2.41. The van der Waals surface area contributed by atoms with Crippen LogP contribution in [0.4, 0.5) is 4.39 Å². The molecule has 1 aliphatic rings. The molecule has 12 nitrogen and oxygen atoms in total. The Morgan fingerprint density at radius 1 is 1.02 bits per heavy atom. The zero-order valence-electron chi connectivity index (χ0n) is 32.7. The van der Waals surface area contributed by atoms with Crippen molar-refractivity contribution in [2.24, 2.45) is 0 Å². The Kier molecular flexibility index (Phi) is 11.2. The number of hydrogen-bond acceptors (Lipinski definition) is 9. The molecule has 6 aromatic rings. The summed E-state index contributed by atoms with van der Waals surface area (Å²) in [6.07, 6.45) is 3.72. The van der Waals surface area contributed by atoms with Crippen molar-refractivity contribution >= 4 is 46.2 Å². The number of ether oxygens (including phenoxy) is 2. The number of carbonyl (C=O) groups excluding carboxylic acids is 1. The molecule has 4 heterocycles. The second-order valence-corrected chi connectivity index (χ2v) is 20.4. The van der Waals surface area contributed by atoms with Crippen molar-refractivity contribution in [3.8, 4) is 10.8 Å². The predicted octanol–water partition coefficient (Wildman–Crippen LogP) is 4.96. The monoisotopic (exact) mass is 810 g/mol. The number of hydrogen-bond donors (Lipinski definition) is 2. The maximum absolute atomic E-state index is 15.1. The molecule has 0 aliphatic carbocycles. The van der Waals surface area contributed by atoms with E-state index in [4.69, 9.17) is 9.47 Å². The first kappa shape index (κ1) is 40.0. The van der Waals surface area contributed by atoms with Crippen LogP contribution in [0.3, 0.4) is 0 Å². The first-order valence-electron chi connectivity index (χ1n) is 19.0. The normalized spacial score (nSPS) is 16.8. The highest BCUT2D eigenvalue weighted by atomic mass is 32.1. The quantitative estimate of drug-likeness (QED) is 0.116. The average molecular weight is 811 g/mol. The van der Waals surface area contributed by atoms with E-state index in [1.807, 2.05) is 60.7 Å².